The van der Waals surface area contributed by atoms with Crippen molar-refractivity contribution < 1.29 is 14.3 Å². The number of rotatable bonds is 8. The van der Waals surface area contributed by atoms with Gasteiger partial charge in [-0.1, -0.05) is 61.9 Å². The Balaban J connectivity index is 1.54. The molecule has 0 N–H and O–H groups in total. The minimum Gasteiger partial charge on any atom is -0.496 e. The summed E-state index contributed by atoms with van der Waals surface area (Å²) in [6.07, 6.45) is 2.79. The van der Waals surface area contributed by atoms with Crippen molar-refractivity contribution in [2.24, 2.45) is 5.92 Å². The Morgan fingerprint density at radius 1 is 1.08 bits per heavy atom. The molecule has 2 amide bonds. The Kier molecular flexibility index (Phi) is 8.61. The van der Waals surface area contributed by atoms with Crippen LogP contribution in [0.3, 0.4) is 0 Å². The summed E-state index contributed by atoms with van der Waals surface area (Å²) in [4.78, 5) is 33.0. The molecule has 2 saturated heterocycles. The highest BCUT2D eigenvalue weighted by Gasteiger charge is 2.43. The fourth-order valence-electron chi connectivity index (χ4n) is 5.54. The topological polar surface area (TPSA) is 76.9 Å². The van der Waals surface area contributed by atoms with Gasteiger partial charge < -0.3 is 14.5 Å². The number of hydrogen-bond acceptors (Lipinski definition) is 5. The number of hydrogen-bond donors (Lipinski definition) is 0. The molecule has 0 aliphatic carbocycles. The van der Waals surface area contributed by atoms with Crippen LogP contribution < -0.4 is 4.74 Å². The van der Waals surface area contributed by atoms with E-state index in [0.717, 1.165) is 24.0 Å². The van der Waals surface area contributed by atoms with Gasteiger partial charge in [-0.05, 0) is 24.5 Å². The van der Waals surface area contributed by atoms with E-state index in [9.17, 15) is 14.9 Å². The number of ether oxygens (including phenoxy) is 1. The second-order valence-corrected chi connectivity index (χ2v) is 9.58. The molecule has 0 bridgehead atoms. The van der Waals surface area contributed by atoms with Crippen LogP contribution in [0.25, 0.3) is 0 Å². The molecule has 2 aliphatic heterocycles. The molecule has 2 aliphatic rings. The summed E-state index contributed by atoms with van der Waals surface area (Å²) in [5.74, 6) is 0.588. The number of para-hydroxylation sites is 1. The number of carbonyl (C=O) groups excluding carboxylic acids is 2. The minimum atomic E-state index is -0.337. The largest absolute Gasteiger partial charge is 0.496 e. The van der Waals surface area contributed by atoms with Crippen LogP contribution in [0, 0.1) is 17.2 Å². The van der Waals surface area contributed by atoms with Crippen LogP contribution in [0.5, 0.6) is 5.75 Å². The van der Waals surface area contributed by atoms with Crippen LogP contribution in [0.2, 0.25) is 0 Å². The van der Waals surface area contributed by atoms with Gasteiger partial charge in [0.2, 0.25) is 11.8 Å². The van der Waals surface area contributed by atoms with Crippen molar-refractivity contribution in [1.29, 1.82) is 5.26 Å². The number of benzene rings is 2. The molecular formula is C29H36N4O3. The van der Waals surface area contributed by atoms with Crippen LogP contribution in [0.4, 0.5) is 0 Å². The molecule has 3 unspecified atom stereocenters. The SMILES string of the molecule is CCCCN1C(=O)CCC(C(=O)N2CCN(C(C#N)c3ccccc3)CC2)C1c1ccccc1OC. The first-order valence-electron chi connectivity index (χ1n) is 13.0. The van der Waals surface area contributed by atoms with Gasteiger partial charge >= 0.3 is 0 Å². The first kappa shape index (κ1) is 25.7. The molecule has 36 heavy (non-hydrogen) atoms. The fraction of sp³-hybridized carbons (Fsp3) is 0.483. The highest BCUT2D eigenvalue weighted by Crippen LogP contribution is 2.41. The van der Waals surface area contributed by atoms with Crippen LogP contribution in [0.15, 0.2) is 54.6 Å². The highest BCUT2D eigenvalue weighted by atomic mass is 16.5. The van der Waals surface area contributed by atoms with Gasteiger partial charge in [0.05, 0.1) is 25.1 Å². The summed E-state index contributed by atoms with van der Waals surface area (Å²) >= 11 is 0. The van der Waals surface area contributed by atoms with Gasteiger partial charge in [-0.3, -0.25) is 14.5 Å². The number of likely N-dealkylation sites (tertiary alicyclic amines) is 1. The number of unbranched alkanes of at least 4 members (excludes halogenated alkanes) is 1. The zero-order valence-electron chi connectivity index (χ0n) is 21.3. The van der Waals surface area contributed by atoms with Crippen molar-refractivity contribution in [2.45, 2.75) is 44.7 Å². The molecule has 0 aromatic heterocycles. The summed E-state index contributed by atoms with van der Waals surface area (Å²) in [5, 5.41) is 9.82. The van der Waals surface area contributed by atoms with Crippen LogP contribution >= 0.6 is 0 Å². The smallest absolute Gasteiger partial charge is 0.228 e. The number of amides is 2. The maximum absolute atomic E-state index is 13.9. The third kappa shape index (κ3) is 5.39. The lowest BCUT2D eigenvalue weighted by molar-refractivity contribution is -0.149. The lowest BCUT2D eigenvalue weighted by Crippen LogP contribution is -2.54. The standard InChI is InChI=1S/C29H36N4O3/c1-3-4-16-33-27(34)15-14-24(28(33)23-12-8-9-13-26(23)36-2)29(35)32-19-17-31(18-20-32)25(21-30)22-10-6-5-7-11-22/h5-13,24-25,28H,3-4,14-20H2,1-2H3. The van der Waals surface area contributed by atoms with Gasteiger partial charge in [-0.15, -0.1) is 0 Å². The summed E-state index contributed by atoms with van der Waals surface area (Å²) in [6.45, 7) is 5.17. The molecule has 3 atom stereocenters. The quantitative estimate of drug-likeness (QED) is 0.557. The highest BCUT2D eigenvalue weighted by molar-refractivity contribution is 5.85. The molecule has 2 heterocycles. The molecule has 2 fully saturated rings. The minimum absolute atomic E-state index is 0.0905. The number of piperidine rings is 1. The number of carbonyl (C=O) groups is 2. The van der Waals surface area contributed by atoms with E-state index in [1.165, 1.54) is 0 Å². The van der Waals surface area contributed by atoms with Crippen molar-refractivity contribution in [1.82, 2.24) is 14.7 Å². The molecule has 0 radical (unpaired) electrons. The predicted octanol–water partition coefficient (Wildman–Crippen LogP) is 4.18. The third-order valence-corrected chi connectivity index (χ3v) is 7.46. The fourth-order valence-corrected chi connectivity index (χ4v) is 5.54. The second kappa shape index (κ2) is 12.0. The van der Waals surface area contributed by atoms with Crippen molar-refractivity contribution in [3.8, 4) is 11.8 Å². The zero-order chi connectivity index (χ0) is 25.5. The number of methoxy groups -OCH3 is 1. The molecule has 2 aromatic rings. The third-order valence-electron chi connectivity index (χ3n) is 7.46. The first-order chi connectivity index (χ1) is 17.6. The molecule has 0 saturated carbocycles. The van der Waals surface area contributed by atoms with E-state index in [-0.39, 0.29) is 29.8 Å². The molecule has 2 aromatic carbocycles. The lowest BCUT2D eigenvalue weighted by atomic mass is 9.82. The molecular weight excluding hydrogens is 452 g/mol. The van der Waals surface area contributed by atoms with E-state index in [2.05, 4.69) is 17.9 Å². The average molecular weight is 489 g/mol. The van der Waals surface area contributed by atoms with Gasteiger partial charge in [0.1, 0.15) is 11.8 Å². The van der Waals surface area contributed by atoms with E-state index in [1.807, 2.05) is 64.4 Å². The lowest BCUT2D eigenvalue weighted by Gasteiger charge is -2.44. The van der Waals surface area contributed by atoms with Crippen LogP contribution in [-0.4, -0.2) is 66.3 Å². The Morgan fingerprint density at radius 2 is 1.78 bits per heavy atom. The maximum Gasteiger partial charge on any atom is 0.228 e. The summed E-state index contributed by atoms with van der Waals surface area (Å²) < 4.78 is 5.65. The Labute approximate surface area is 214 Å². The van der Waals surface area contributed by atoms with Crippen molar-refractivity contribution in [2.75, 3.05) is 39.8 Å². The predicted molar refractivity (Wildman–Crippen MR) is 138 cm³/mol. The van der Waals surface area contributed by atoms with E-state index >= 15 is 0 Å². The van der Waals surface area contributed by atoms with Gasteiger partial charge in [0.15, 0.2) is 0 Å². The number of nitriles is 1. The van der Waals surface area contributed by atoms with Gasteiger partial charge in [-0.25, -0.2) is 0 Å². The molecule has 7 heteroatoms. The van der Waals surface area contributed by atoms with Crippen molar-refractivity contribution >= 4 is 11.8 Å². The van der Waals surface area contributed by atoms with Crippen molar-refractivity contribution in [3.63, 3.8) is 0 Å². The Bertz CT molecular complexity index is 1080. The number of piperazine rings is 1. The van der Waals surface area contributed by atoms with Crippen LogP contribution in [0.1, 0.15) is 55.8 Å². The van der Waals surface area contributed by atoms with Gasteiger partial charge in [-0.2, -0.15) is 5.26 Å². The number of nitrogens with zero attached hydrogens (tertiary/aromatic N) is 4. The average Bonchev–Trinajstić information content (AvgIpc) is 2.93. The molecule has 0 spiro atoms. The summed E-state index contributed by atoms with van der Waals surface area (Å²) in [5.41, 5.74) is 1.88. The Morgan fingerprint density at radius 3 is 2.44 bits per heavy atom. The molecule has 7 nitrogen and oxygen atoms in total. The normalized spacial score (nSPS) is 21.6. The first-order valence-corrected chi connectivity index (χ1v) is 13.0. The van der Waals surface area contributed by atoms with E-state index in [1.54, 1.807) is 7.11 Å². The second-order valence-electron chi connectivity index (χ2n) is 9.58. The zero-order valence-corrected chi connectivity index (χ0v) is 21.3. The van der Waals surface area contributed by atoms with E-state index in [0.29, 0.717) is 51.3 Å². The Hall–Kier alpha value is -3.37. The summed E-state index contributed by atoms with van der Waals surface area (Å²) in [7, 11) is 1.63. The van der Waals surface area contributed by atoms with Crippen LogP contribution in [-0.2, 0) is 9.59 Å². The summed E-state index contributed by atoms with van der Waals surface area (Å²) in [6, 6.07) is 19.3. The van der Waals surface area contributed by atoms with E-state index in [4.69, 9.17) is 4.74 Å². The molecule has 190 valence electrons. The van der Waals surface area contributed by atoms with E-state index < -0.39 is 0 Å². The van der Waals surface area contributed by atoms with Crippen molar-refractivity contribution in [3.05, 3.63) is 65.7 Å². The monoisotopic (exact) mass is 488 g/mol. The van der Waals surface area contributed by atoms with Gasteiger partial charge in [0.25, 0.3) is 0 Å². The maximum atomic E-state index is 13.9. The molecule has 4 rings (SSSR count). The van der Waals surface area contributed by atoms with Gasteiger partial charge in [0, 0.05) is 44.7 Å².